The Kier molecular flexibility index (Phi) is 7.69. The average Bonchev–Trinajstić information content (AvgIpc) is 2.60. The van der Waals surface area contributed by atoms with Crippen molar-refractivity contribution < 1.29 is 14.6 Å². The van der Waals surface area contributed by atoms with Gasteiger partial charge in [-0.05, 0) is 37.8 Å². The van der Waals surface area contributed by atoms with E-state index in [9.17, 15) is 9.90 Å². The summed E-state index contributed by atoms with van der Waals surface area (Å²) in [5, 5.41) is 12.5. The van der Waals surface area contributed by atoms with Gasteiger partial charge in [-0.1, -0.05) is 30.7 Å². The smallest absolute Gasteiger partial charge is 0.234 e. The van der Waals surface area contributed by atoms with Crippen LogP contribution in [-0.2, 0) is 22.7 Å². The molecule has 1 aromatic rings. The van der Waals surface area contributed by atoms with Gasteiger partial charge in [-0.2, -0.15) is 0 Å². The van der Waals surface area contributed by atoms with Crippen LogP contribution in [0.3, 0.4) is 0 Å². The molecule has 1 aromatic carbocycles. The van der Waals surface area contributed by atoms with Gasteiger partial charge in [-0.15, -0.1) is 0 Å². The van der Waals surface area contributed by atoms with Crippen molar-refractivity contribution in [3.05, 3.63) is 35.4 Å². The van der Waals surface area contributed by atoms with Crippen LogP contribution in [0.25, 0.3) is 0 Å². The van der Waals surface area contributed by atoms with Crippen LogP contribution in [-0.4, -0.2) is 47.8 Å². The summed E-state index contributed by atoms with van der Waals surface area (Å²) in [6.45, 7) is 6.32. The van der Waals surface area contributed by atoms with Crippen LogP contribution >= 0.6 is 0 Å². The van der Waals surface area contributed by atoms with Gasteiger partial charge in [-0.25, -0.2) is 0 Å². The molecule has 0 bridgehead atoms. The lowest BCUT2D eigenvalue weighted by atomic mass is 9.97. The standard InChI is InChI=1S/C19H30N2O3/c1-3-24-14-17-9-5-4-8-16(17)11-20-19(23)12-21-15(2)7-6-10-18(21)13-22/h4-5,8-9,15,18,22H,3,6-7,10-14H2,1-2H3,(H,20,23). The highest BCUT2D eigenvalue weighted by Crippen LogP contribution is 2.22. The van der Waals surface area contributed by atoms with Crippen LogP contribution in [0, 0.1) is 0 Å². The fourth-order valence-electron chi connectivity index (χ4n) is 3.32. The number of aliphatic hydroxyl groups excluding tert-OH is 1. The number of nitrogens with zero attached hydrogens (tertiary/aromatic N) is 1. The molecule has 1 aliphatic heterocycles. The highest BCUT2D eigenvalue weighted by molar-refractivity contribution is 5.78. The zero-order chi connectivity index (χ0) is 17.4. The van der Waals surface area contributed by atoms with Crippen molar-refractivity contribution >= 4 is 5.91 Å². The summed E-state index contributed by atoms with van der Waals surface area (Å²) in [5.74, 6) is 0.00779. The molecule has 0 radical (unpaired) electrons. The highest BCUT2D eigenvalue weighted by atomic mass is 16.5. The van der Waals surface area contributed by atoms with Gasteiger partial charge < -0.3 is 15.2 Å². The molecule has 5 heteroatoms. The second-order valence-corrected chi connectivity index (χ2v) is 6.47. The summed E-state index contributed by atoms with van der Waals surface area (Å²) in [6, 6.07) is 8.46. The van der Waals surface area contributed by atoms with Crippen molar-refractivity contribution in [3.8, 4) is 0 Å². The number of amides is 1. The molecule has 1 amide bonds. The number of hydrogen-bond acceptors (Lipinski definition) is 4. The first-order valence-corrected chi connectivity index (χ1v) is 8.93. The maximum absolute atomic E-state index is 12.4. The minimum Gasteiger partial charge on any atom is -0.395 e. The number of ether oxygens (including phenoxy) is 1. The Morgan fingerprint density at radius 1 is 1.33 bits per heavy atom. The third-order valence-electron chi connectivity index (χ3n) is 4.79. The van der Waals surface area contributed by atoms with Gasteiger partial charge in [0.1, 0.15) is 0 Å². The van der Waals surface area contributed by atoms with Crippen LogP contribution in [0.15, 0.2) is 24.3 Å². The monoisotopic (exact) mass is 334 g/mol. The molecule has 1 saturated heterocycles. The molecule has 0 aromatic heterocycles. The number of carbonyl (C=O) groups excluding carboxylic acids is 1. The van der Waals surface area contributed by atoms with Gasteiger partial charge in [0, 0.05) is 25.2 Å². The molecule has 0 aliphatic carbocycles. The molecule has 2 atom stereocenters. The summed E-state index contributed by atoms with van der Waals surface area (Å²) in [5.41, 5.74) is 2.20. The molecule has 1 heterocycles. The first-order valence-electron chi connectivity index (χ1n) is 8.93. The topological polar surface area (TPSA) is 61.8 Å². The number of benzene rings is 1. The fraction of sp³-hybridized carbons (Fsp3) is 0.632. The van der Waals surface area contributed by atoms with Crippen molar-refractivity contribution in [2.24, 2.45) is 0 Å². The summed E-state index contributed by atoms with van der Waals surface area (Å²) in [7, 11) is 0. The van der Waals surface area contributed by atoms with Crippen LogP contribution in [0.2, 0.25) is 0 Å². The molecular formula is C19H30N2O3. The van der Waals surface area contributed by atoms with Crippen molar-refractivity contribution in [2.45, 2.75) is 58.3 Å². The second-order valence-electron chi connectivity index (χ2n) is 6.47. The Morgan fingerprint density at radius 2 is 2.08 bits per heavy atom. The minimum atomic E-state index is 0.00779. The van der Waals surface area contributed by atoms with E-state index in [1.807, 2.05) is 31.2 Å². The SMILES string of the molecule is CCOCc1ccccc1CNC(=O)CN1C(C)CCCC1CO. The Morgan fingerprint density at radius 3 is 2.79 bits per heavy atom. The van der Waals surface area contributed by atoms with E-state index < -0.39 is 0 Å². The third kappa shape index (κ3) is 5.30. The molecule has 5 nitrogen and oxygen atoms in total. The Balaban J connectivity index is 1.89. The first-order chi connectivity index (χ1) is 11.7. The van der Waals surface area contributed by atoms with E-state index in [4.69, 9.17) is 4.74 Å². The van der Waals surface area contributed by atoms with Gasteiger partial charge in [0.05, 0.1) is 19.8 Å². The molecule has 0 saturated carbocycles. The van der Waals surface area contributed by atoms with E-state index in [1.165, 1.54) is 0 Å². The third-order valence-corrected chi connectivity index (χ3v) is 4.79. The van der Waals surface area contributed by atoms with E-state index in [-0.39, 0.29) is 18.6 Å². The normalized spacial score (nSPS) is 21.6. The van der Waals surface area contributed by atoms with Crippen molar-refractivity contribution in [2.75, 3.05) is 19.8 Å². The minimum absolute atomic E-state index is 0.00779. The van der Waals surface area contributed by atoms with Gasteiger partial charge in [0.2, 0.25) is 5.91 Å². The first kappa shape index (κ1) is 18.9. The molecule has 2 rings (SSSR count). The van der Waals surface area contributed by atoms with E-state index >= 15 is 0 Å². The highest BCUT2D eigenvalue weighted by Gasteiger charge is 2.28. The number of hydrogen-bond donors (Lipinski definition) is 2. The molecule has 2 N–H and O–H groups in total. The van der Waals surface area contributed by atoms with E-state index in [2.05, 4.69) is 17.1 Å². The van der Waals surface area contributed by atoms with Gasteiger partial charge >= 0.3 is 0 Å². The summed E-state index contributed by atoms with van der Waals surface area (Å²) in [6.07, 6.45) is 3.17. The Labute approximate surface area is 145 Å². The van der Waals surface area contributed by atoms with E-state index in [0.717, 1.165) is 30.4 Å². The number of aliphatic hydroxyl groups is 1. The molecular weight excluding hydrogens is 304 g/mol. The summed E-state index contributed by atoms with van der Waals surface area (Å²) >= 11 is 0. The second kappa shape index (κ2) is 9.77. The Hall–Kier alpha value is -1.43. The number of likely N-dealkylation sites (tertiary alicyclic amines) is 1. The summed E-state index contributed by atoms with van der Waals surface area (Å²) < 4.78 is 5.48. The Bertz CT molecular complexity index is 521. The lowest BCUT2D eigenvalue weighted by Crippen LogP contribution is -2.51. The van der Waals surface area contributed by atoms with Crippen molar-refractivity contribution in [3.63, 3.8) is 0 Å². The van der Waals surface area contributed by atoms with Gasteiger partial charge in [0.15, 0.2) is 0 Å². The lowest BCUT2D eigenvalue weighted by molar-refractivity contribution is -0.124. The predicted molar refractivity (Wildman–Crippen MR) is 94.5 cm³/mol. The van der Waals surface area contributed by atoms with Crippen LogP contribution in [0.4, 0.5) is 0 Å². The van der Waals surface area contributed by atoms with Crippen LogP contribution in [0.1, 0.15) is 44.2 Å². The van der Waals surface area contributed by atoms with Crippen molar-refractivity contribution in [1.82, 2.24) is 10.2 Å². The molecule has 0 spiro atoms. The quantitative estimate of drug-likeness (QED) is 0.764. The molecule has 2 unspecified atom stereocenters. The van der Waals surface area contributed by atoms with Gasteiger partial charge in [0.25, 0.3) is 0 Å². The fourth-order valence-corrected chi connectivity index (χ4v) is 3.32. The number of nitrogens with one attached hydrogen (secondary N) is 1. The number of piperidine rings is 1. The van der Waals surface area contributed by atoms with E-state index in [0.29, 0.717) is 32.3 Å². The zero-order valence-corrected chi connectivity index (χ0v) is 14.8. The van der Waals surface area contributed by atoms with Crippen molar-refractivity contribution in [1.29, 1.82) is 0 Å². The maximum Gasteiger partial charge on any atom is 0.234 e. The number of carbonyl (C=O) groups is 1. The largest absolute Gasteiger partial charge is 0.395 e. The van der Waals surface area contributed by atoms with Crippen LogP contribution < -0.4 is 5.32 Å². The van der Waals surface area contributed by atoms with E-state index in [1.54, 1.807) is 0 Å². The average molecular weight is 334 g/mol. The molecule has 24 heavy (non-hydrogen) atoms. The molecule has 1 aliphatic rings. The molecule has 134 valence electrons. The predicted octanol–water partition coefficient (Wildman–Crippen LogP) is 2.07. The van der Waals surface area contributed by atoms with Gasteiger partial charge in [-0.3, -0.25) is 9.69 Å². The van der Waals surface area contributed by atoms with Crippen LogP contribution in [0.5, 0.6) is 0 Å². The lowest BCUT2D eigenvalue weighted by Gasteiger charge is -2.39. The number of rotatable bonds is 8. The maximum atomic E-state index is 12.4. The zero-order valence-electron chi connectivity index (χ0n) is 14.8. The summed E-state index contributed by atoms with van der Waals surface area (Å²) in [4.78, 5) is 14.5. The molecule has 1 fully saturated rings.